The highest BCUT2D eigenvalue weighted by molar-refractivity contribution is 6.04. The highest BCUT2D eigenvalue weighted by atomic mass is 16.4. The number of piperazine rings is 1. The number of rotatable bonds is 5. The van der Waals surface area contributed by atoms with Crippen molar-refractivity contribution in [2.24, 2.45) is 5.92 Å². The molecule has 3 rings (SSSR count). The van der Waals surface area contributed by atoms with Gasteiger partial charge in [0, 0.05) is 5.69 Å². The Kier molecular flexibility index (Phi) is 3.83. The third kappa shape index (κ3) is 3.10. The van der Waals surface area contributed by atoms with Crippen molar-refractivity contribution in [3.05, 3.63) is 29.8 Å². The molecular formula is C16H18N2O4. The predicted molar refractivity (Wildman–Crippen MR) is 79.5 cm³/mol. The van der Waals surface area contributed by atoms with E-state index in [9.17, 15) is 14.4 Å². The summed E-state index contributed by atoms with van der Waals surface area (Å²) in [5.41, 5.74) is 1.59. The fraction of sp³-hybridized carbons (Fsp3) is 0.438. The van der Waals surface area contributed by atoms with Gasteiger partial charge < -0.3 is 15.3 Å². The maximum absolute atomic E-state index is 12.0. The topological polar surface area (TPSA) is 86.7 Å². The minimum atomic E-state index is -0.810. The average Bonchev–Trinajstić information content (AvgIpc) is 3.32. The van der Waals surface area contributed by atoms with Crippen LogP contribution in [0.25, 0.3) is 0 Å². The van der Waals surface area contributed by atoms with Crippen LogP contribution in [-0.4, -0.2) is 36.0 Å². The van der Waals surface area contributed by atoms with E-state index in [0.717, 1.165) is 18.4 Å². The Morgan fingerprint density at radius 2 is 2.14 bits per heavy atom. The van der Waals surface area contributed by atoms with Gasteiger partial charge in [-0.25, -0.2) is 0 Å². The van der Waals surface area contributed by atoms with Gasteiger partial charge in [-0.05, 0) is 42.4 Å². The fourth-order valence-electron chi connectivity index (χ4n) is 2.96. The molecule has 1 aromatic rings. The van der Waals surface area contributed by atoms with Crippen LogP contribution in [0.15, 0.2) is 24.3 Å². The molecule has 1 atom stereocenters. The normalized spacial score (nSPS) is 19.7. The van der Waals surface area contributed by atoms with E-state index in [0.29, 0.717) is 11.6 Å². The van der Waals surface area contributed by atoms with Gasteiger partial charge >= 0.3 is 5.97 Å². The van der Waals surface area contributed by atoms with Crippen LogP contribution in [0.1, 0.15) is 30.7 Å². The first-order valence-electron chi connectivity index (χ1n) is 7.43. The number of carboxylic acids is 1. The number of carbonyl (C=O) groups excluding carboxylic acids is 2. The zero-order chi connectivity index (χ0) is 15.7. The lowest BCUT2D eigenvalue weighted by atomic mass is 9.90. The van der Waals surface area contributed by atoms with Gasteiger partial charge in [0.1, 0.15) is 6.54 Å². The van der Waals surface area contributed by atoms with Crippen molar-refractivity contribution in [3.8, 4) is 0 Å². The van der Waals surface area contributed by atoms with Crippen molar-refractivity contribution in [3.63, 3.8) is 0 Å². The summed E-state index contributed by atoms with van der Waals surface area (Å²) in [6.07, 6.45) is 2.20. The van der Waals surface area contributed by atoms with E-state index in [1.165, 1.54) is 4.90 Å². The molecule has 2 N–H and O–H groups in total. The Balaban J connectivity index is 1.86. The van der Waals surface area contributed by atoms with Crippen LogP contribution in [0.4, 0.5) is 5.69 Å². The van der Waals surface area contributed by atoms with Gasteiger partial charge in [-0.3, -0.25) is 14.4 Å². The number of carboxylic acid groups (broad SMARTS) is 1. The lowest BCUT2D eigenvalue weighted by molar-refractivity contribution is -0.137. The summed E-state index contributed by atoms with van der Waals surface area (Å²) in [4.78, 5) is 36.0. The fourth-order valence-corrected chi connectivity index (χ4v) is 2.96. The number of benzene rings is 1. The second kappa shape index (κ2) is 5.79. The second-order valence-corrected chi connectivity index (χ2v) is 5.89. The lowest BCUT2D eigenvalue weighted by Crippen LogP contribution is -2.51. The predicted octanol–water partition coefficient (Wildman–Crippen LogP) is 1.12. The van der Waals surface area contributed by atoms with Gasteiger partial charge in [0.2, 0.25) is 11.8 Å². The minimum absolute atomic E-state index is 0.00421. The molecule has 1 saturated heterocycles. The van der Waals surface area contributed by atoms with Crippen LogP contribution in [-0.2, 0) is 14.4 Å². The Hall–Kier alpha value is -2.37. The number of hydrogen-bond donors (Lipinski definition) is 2. The Bertz CT molecular complexity index is 624. The van der Waals surface area contributed by atoms with Crippen LogP contribution >= 0.6 is 0 Å². The van der Waals surface area contributed by atoms with Crippen LogP contribution < -0.4 is 10.2 Å². The van der Waals surface area contributed by atoms with Crippen LogP contribution in [0.2, 0.25) is 0 Å². The third-order valence-corrected chi connectivity index (χ3v) is 4.24. The lowest BCUT2D eigenvalue weighted by Gasteiger charge is -2.27. The summed E-state index contributed by atoms with van der Waals surface area (Å²) in [7, 11) is 0. The molecule has 2 aliphatic rings. The molecule has 2 amide bonds. The number of aliphatic carboxylic acids is 1. The first kappa shape index (κ1) is 14.6. The smallest absolute Gasteiger partial charge is 0.303 e. The van der Waals surface area contributed by atoms with E-state index in [1.807, 2.05) is 18.2 Å². The zero-order valence-electron chi connectivity index (χ0n) is 12.1. The molecule has 6 nitrogen and oxygen atoms in total. The maximum Gasteiger partial charge on any atom is 0.303 e. The van der Waals surface area contributed by atoms with Crippen LogP contribution in [0.5, 0.6) is 0 Å². The molecule has 1 aliphatic heterocycles. The van der Waals surface area contributed by atoms with E-state index in [2.05, 4.69) is 5.32 Å². The molecule has 6 heteroatoms. The molecule has 2 fully saturated rings. The van der Waals surface area contributed by atoms with Crippen molar-refractivity contribution in [1.82, 2.24) is 5.32 Å². The summed E-state index contributed by atoms with van der Waals surface area (Å²) in [5, 5.41) is 11.6. The molecule has 1 unspecified atom stereocenters. The number of nitrogens with zero attached hydrogens (tertiary/aromatic N) is 1. The summed E-state index contributed by atoms with van der Waals surface area (Å²) >= 11 is 0. The number of amides is 2. The molecule has 1 aromatic carbocycles. The van der Waals surface area contributed by atoms with E-state index < -0.39 is 5.97 Å². The van der Waals surface area contributed by atoms with Crippen molar-refractivity contribution in [1.29, 1.82) is 0 Å². The molecule has 0 spiro atoms. The van der Waals surface area contributed by atoms with Crippen molar-refractivity contribution < 1.29 is 19.5 Å². The van der Waals surface area contributed by atoms with Gasteiger partial charge in [-0.1, -0.05) is 12.1 Å². The van der Waals surface area contributed by atoms with Gasteiger partial charge in [-0.15, -0.1) is 0 Å². The molecule has 1 saturated carbocycles. The standard InChI is InChI=1S/C16H18N2O4/c19-14-9-18(15(20)8-17-14)12-3-1-2-11(6-12)13(7-16(21)22)10-4-5-10/h1-3,6,10,13H,4-5,7-9H2,(H,17,19)(H,21,22). The molecule has 1 aliphatic carbocycles. The molecule has 0 aromatic heterocycles. The van der Waals surface area contributed by atoms with Gasteiger partial charge in [0.25, 0.3) is 0 Å². The molecule has 1 heterocycles. The van der Waals surface area contributed by atoms with E-state index in [-0.39, 0.29) is 37.2 Å². The Morgan fingerprint density at radius 3 is 2.82 bits per heavy atom. The maximum atomic E-state index is 12.0. The van der Waals surface area contributed by atoms with Crippen molar-refractivity contribution in [2.75, 3.05) is 18.0 Å². The number of carbonyl (C=O) groups is 3. The Labute approximate surface area is 128 Å². The highest BCUT2D eigenvalue weighted by Crippen LogP contribution is 2.45. The summed E-state index contributed by atoms with van der Waals surface area (Å²) in [6.45, 7) is 0.0134. The molecule has 0 bridgehead atoms. The molecule has 116 valence electrons. The van der Waals surface area contributed by atoms with E-state index in [4.69, 9.17) is 5.11 Å². The SMILES string of the molecule is O=C(O)CC(c1cccc(N2CC(=O)NCC2=O)c1)C1CC1. The first-order valence-corrected chi connectivity index (χ1v) is 7.43. The summed E-state index contributed by atoms with van der Waals surface area (Å²) in [6, 6.07) is 7.36. The minimum Gasteiger partial charge on any atom is -0.481 e. The van der Waals surface area contributed by atoms with E-state index >= 15 is 0 Å². The number of hydrogen-bond acceptors (Lipinski definition) is 3. The third-order valence-electron chi connectivity index (χ3n) is 4.24. The number of nitrogens with one attached hydrogen (secondary N) is 1. The highest BCUT2D eigenvalue weighted by Gasteiger charge is 2.34. The van der Waals surface area contributed by atoms with Crippen LogP contribution in [0, 0.1) is 5.92 Å². The number of anilines is 1. The molecule has 0 radical (unpaired) electrons. The summed E-state index contributed by atoms with van der Waals surface area (Å²) in [5.74, 6) is -0.763. The van der Waals surface area contributed by atoms with Crippen molar-refractivity contribution in [2.45, 2.75) is 25.2 Å². The first-order chi connectivity index (χ1) is 10.5. The van der Waals surface area contributed by atoms with Gasteiger partial charge in [0.05, 0.1) is 13.0 Å². The largest absolute Gasteiger partial charge is 0.481 e. The molecule has 22 heavy (non-hydrogen) atoms. The van der Waals surface area contributed by atoms with E-state index in [1.54, 1.807) is 6.07 Å². The quantitative estimate of drug-likeness (QED) is 0.853. The zero-order valence-corrected chi connectivity index (χ0v) is 12.1. The van der Waals surface area contributed by atoms with Crippen molar-refractivity contribution >= 4 is 23.5 Å². The monoisotopic (exact) mass is 302 g/mol. The summed E-state index contributed by atoms with van der Waals surface area (Å²) < 4.78 is 0. The molecular weight excluding hydrogens is 284 g/mol. The van der Waals surface area contributed by atoms with Gasteiger partial charge in [-0.2, -0.15) is 0 Å². The van der Waals surface area contributed by atoms with Crippen LogP contribution in [0.3, 0.4) is 0 Å². The second-order valence-electron chi connectivity index (χ2n) is 5.89. The Morgan fingerprint density at radius 1 is 1.36 bits per heavy atom. The van der Waals surface area contributed by atoms with Gasteiger partial charge in [0.15, 0.2) is 0 Å². The average molecular weight is 302 g/mol.